The van der Waals surface area contributed by atoms with Crippen molar-refractivity contribution in [3.63, 3.8) is 0 Å². The topological polar surface area (TPSA) is 83.4 Å². The predicted octanol–water partition coefficient (Wildman–Crippen LogP) is 1.91. The van der Waals surface area contributed by atoms with Gasteiger partial charge in [0, 0.05) is 6.61 Å². The molecule has 0 aliphatic carbocycles. The van der Waals surface area contributed by atoms with Crippen LogP contribution in [0.5, 0.6) is 0 Å². The Morgan fingerprint density at radius 3 is 2.89 bits per heavy atom. The van der Waals surface area contributed by atoms with Crippen molar-refractivity contribution < 1.29 is 14.0 Å². The minimum Gasteiger partial charge on any atom is -0.376 e. The Kier molecular flexibility index (Phi) is 4.54. The number of hydrogen-bond donors (Lipinski definition) is 1. The van der Waals surface area contributed by atoms with Crippen molar-refractivity contribution in [3.8, 4) is 0 Å². The number of nitrogens with two attached hydrogens (primary N) is 1. The molecule has 6 nitrogen and oxygen atoms in total. The van der Waals surface area contributed by atoms with Crippen molar-refractivity contribution in [1.82, 2.24) is 10.1 Å². The van der Waals surface area contributed by atoms with Gasteiger partial charge in [-0.3, -0.25) is 0 Å². The van der Waals surface area contributed by atoms with Crippen molar-refractivity contribution in [2.24, 2.45) is 5.73 Å². The molecule has 19 heavy (non-hydrogen) atoms. The van der Waals surface area contributed by atoms with Gasteiger partial charge < -0.3 is 19.7 Å². The lowest BCUT2D eigenvalue weighted by molar-refractivity contribution is -0.00459. The molecule has 1 saturated heterocycles. The van der Waals surface area contributed by atoms with E-state index >= 15 is 0 Å². The van der Waals surface area contributed by atoms with Gasteiger partial charge in [-0.15, -0.1) is 0 Å². The van der Waals surface area contributed by atoms with Gasteiger partial charge in [0.15, 0.2) is 5.82 Å². The van der Waals surface area contributed by atoms with E-state index in [4.69, 9.17) is 19.7 Å². The molecule has 1 aromatic rings. The Balaban J connectivity index is 2.02. The van der Waals surface area contributed by atoms with Gasteiger partial charge >= 0.3 is 0 Å². The molecule has 108 valence electrons. The number of ether oxygens (including phenoxy) is 2. The third kappa shape index (κ3) is 3.75. The van der Waals surface area contributed by atoms with Gasteiger partial charge in [-0.25, -0.2) is 0 Å². The lowest BCUT2D eigenvalue weighted by atomic mass is 10.0. The molecule has 0 radical (unpaired) electrons. The van der Waals surface area contributed by atoms with Crippen LogP contribution in [0, 0.1) is 0 Å². The van der Waals surface area contributed by atoms with Crippen LogP contribution in [0.2, 0.25) is 0 Å². The summed E-state index contributed by atoms with van der Waals surface area (Å²) < 4.78 is 16.4. The van der Waals surface area contributed by atoms with E-state index in [1.54, 1.807) is 0 Å². The monoisotopic (exact) mass is 269 g/mol. The molecule has 0 aromatic carbocycles. The van der Waals surface area contributed by atoms with E-state index in [2.05, 4.69) is 10.1 Å². The quantitative estimate of drug-likeness (QED) is 0.879. The minimum atomic E-state index is -0.749. The maximum absolute atomic E-state index is 6.18. The summed E-state index contributed by atoms with van der Waals surface area (Å²) in [7, 11) is 0. The van der Waals surface area contributed by atoms with Crippen LogP contribution < -0.4 is 5.73 Å². The SMILES string of the molecule is CC(C)OCC(C)(N)c1noc(C2CCCCO2)n1. The number of rotatable bonds is 5. The zero-order chi connectivity index (χ0) is 13.9. The highest BCUT2D eigenvalue weighted by Gasteiger charge is 2.31. The molecule has 2 N–H and O–H groups in total. The third-order valence-electron chi connectivity index (χ3n) is 3.12. The maximum atomic E-state index is 6.18. The Morgan fingerprint density at radius 2 is 2.26 bits per heavy atom. The number of nitrogens with zero attached hydrogens (tertiary/aromatic N) is 2. The second kappa shape index (κ2) is 5.98. The summed E-state index contributed by atoms with van der Waals surface area (Å²) in [6.07, 6.45) is 3.17. The summed E-state index contributed by atoms with van der Waals surface area (Å²) in [5.41, 5.74) is 5.43. The molecule has 0 bridgehead atoms. The predicted molar refractivity (Wildman–Crippen MR) is 69.5 cm³/mol. The highest BCUT2D eigenvalue weighted by Crippen LogP contribution is 2.27. The first-order valence-electron chi connectivity index (χ1n) is 6.85. The third-order valence-corrected chi connectivity index (χ3v) is 3.12. The number of hydrogen-bond acceptors (Lipinski definition) is 6. The first-order valence-corrected chi connectivity index (χ1v) is 6.85. The van der Waals surface area contributed by atoms with Crippen LogP contribution in [-0.2, 0) is 15.0 Å². The van der Waals surface area contributed by atoms with E-state index in [0.29, 0.717) is 18.3 Å². The fourth-order valence-electron chi connectivity index (χ4n) is 1.94. The van der Waals surface area contributed by atoms with Crippen molar-refractivity contribution in [2.75, 3.05) is 13.2 Å². The van der Waals surface area contributed by atoms with Gasteiger partial charge in [0.2, 0.25) is 0 Å². The molecule has 1 aliphatic heterocycles. The maximum Gasteiger partial charge on any atom is 0.255 e. The molecule has 0 amide bonds. The Morgan fingerprint density at radius 1 is 1.47 bits per heavy atom. The molecule has 6 heteroatoms. The fourth-order valence-corrected chi connectivity index (χ4v) is 1.94. The normalized spacial score (nSPS) is 23.5. The highest BCUT2D eigenvalue weighted by molar-refractivity contribution is 5.03. The Bertz CT molecular complexity index is 398. The molecular formula is C13H23N3O3. The minimum absolute atomic E-state index is 0.0863. The summed E-state index contributed by atoms with van der Waals surface area (Å²) in [6.45, 7) is 6.88. The average Bonchev–Trinajstić information content (AvgIpc) is 2.88. The van der Waals surface area contributed by atoms with Crippen LogP contribution >= 0.6 is 0 Å². The lowest BCUT2D eigenvalue weighted by Crippen LogP contribution is -2.40. The smallest absolute Gasteiger partial charge is 0.255 e. The molecule has 1 fully saturated rings. The summed E-state index contributed by atoms with van der Waals surface area (Å²) in [5.74, 6) is 0.994. The van der Waals surface area contributed by atoms with Gasteiger partial charge in [0.25, 0.3) is 5.89 Å². The molecule has 2 atom stereocenters. The molecule has 2 unspecified atom stereocenters. The van der Waals surface area contributed by atoms with E-state index < -0.39 is 5.54 Å². The van der Waals surface area contributed by atoms with Crippen LogP contribution in [0.3, 0.4) is 0 Å². The summed E-state index contributed by atoms with van der Waals surface area (Å²) in [6, 6.07) is 0. The molecule has 2 heterocycles. The standard InChI is InChI=1S/C13H23N3O3/c1-9(2)18-8-13(3,14)12-15-11(19-16-12)10-6-4-5-7-17-10/h9-10H,4-8,14H2,1-3H3. The van der Waals surface area contributed by atoms with Crippen LogP contribution in [0.4, 0.5) is 0 Å². The van der Waals surface area contributed by atoms with Crippen molar-refractivity contribution in [2.45, 2.75) is 57.8 Å². The number of aromatic nitrogens is 2. The van der Waals surface area contributed by atoms with Gasteiger partial charge in [-0.2, -0.15) is 4.98 Å². The van der Waals surface area contributed by atoms with E-state index in [0.717, 1.165) is 25.9 Å². The van der Waals surface area contributed by atoms with Crippen LogP contribution in [0.1, 0.15) is 57.9 Å². The lowest BCUT2D eigenvalue weighted by Gasteiger charge is -2.22. The zero-order valence-electron chi connectivity index (χ0n) is 11.9. The zero-order valence-corrected chi connectivity index (χ0v) is 11.9. The van der Waals surface area contributed by atoms with E-state index in [1.807, 2.05) is 20.8 Å². The molecule has 1 aliphatic rings. The van der Waals surface area contributed by atoms with Crippen molar-refractivity contribution in [1.29, 1.82) is 0 Å². The second-order valence-electron chi connectivity index (χ2n) is 5.59. The highest BCUT2D eigenvalue weighted by atomic mass is 16.5. The van der Waals surface area contributed by atoms with Crippen LogP contribution in [-0.4, -0.2) is 29.5 Å². The molecule has 0 spiro atoms. The van der Waals surface area contributed by atoms with E-state index in [-0.39, 0.29) is 12.2 Å². The van der Waals surface area contributed by atoms with Gasteiger partial charge in [-0.05, 0) is 40.0 Å². The van der Waals surface area contributed by atoms with Crippen molar-refractivity contribution in [3.05, 3.63) is 11.7 Å². The van der Waals surface area contributed by atoms with Crippen molar-refractivity contribution >= 4 is 0 Å². The summed E-state index contributed by atoms with van der Waals surface area (Å²) >= 11 is 0. The van der Waals surface area contributed by atoms with Crippen LogP contribution in [0.15, 0.2) is 4.52 Å². The van der Waals surface area contributed by atoms with E-state index in [1.165, 1.54) is 0 Å². The molecule has 2 rings (SSSR count). The van der Waals surface area contributed by atoms with E-state index in [9.17, 15) is 0 Å². The first kappa shape index (κ1) is 14.4. The van der Waals surface area contributed by atoms with Crippen LogP contribution in [0.25, 0.3) is 0 Å². The first-order chi connectivity index (χ1) is 8.99. The molecule has 1 aromatic heterocycles. The van der Waals surface area contributed by atoms with Gasteiger partial charge in [0.1, 0.15) is 11.6 Å². The molecule has 0 saturated carbocycles. The summed E-state index contributed by atoms with van der Waals surface area (Å²) in [4.78, 5) is 4.38. The second-order valence-corrected chi connectivity index (χ2v) is 5.59. The Hall–Kier alpha value is -0.980. The summed E-state index contributed by atoms with van der Waals surface area (Å²) in [5, 5.41) is 3.97. The Labute approximate surface area is 113 Å². The average molecular weight is 269 g/mol. The van der Waals surface area contributed by atoms with Gasteiger partial charge in [0.05, 0.1) is 12.7 Å². The largest absolute Gasteiger partial charge is 0.376 e. The molecular weight excluding hydrogens is 246 g/mol. The fraction of sp³-hybridized carbons (Fsp3) is 0.846. The van der Waals surface area contributed by atoms with Gasteiger partial charge in [-0.1, -0.05) is 5.16 Å².